The minimum atomic E-state index is -0.872. The third-order valence-corrected chi connectivity index (χ3v) is 1.90. The van der Waals surface area contributed by atoms with Crippen molar-refractivity contribution in [1.29, 1.82) is 0 Å². The van der Waals surface area contributed by atoms with Gasteiger partial charge in [0, 0.05) is 6.07 Å². The first-order valence-electron chi connectivity index (χ1n) is 4.78. The molecule has 0 radical (unpaired) electrons. The highest BCUT2D eigenvalue weighted by Gasteiger charge is 2.22. The summed E-state index contributed by atoms with van der Waals surface area (Å²) in [5.41, 5.74) is -1.13. The highest BCUT2D eigenvalue weighted by molar-refractivity contribution is 5.53. The Kier molecular flexibility index (Phi) is 4.13. The molecule has 0 atom stereocenters. The van der Waals surface area contributed by atoms with Gasteiger partial charge >= 0.3 is 5.69 Å². The van der Waals surface area contributed by atoms with Crippen molar-refractivity contribution in [2.45, 2.75) is 0 Å². The number of hydrogen-bond acceptors (Lipinski definition) is 7. The molecule has 0 saturated heterocycles. The van der Waals surface area contributed by atoms with Crippen LogP contribution < -0.4 is 4.84 Å². The zero-order chi connectivity index (χ0) is 14.6. The van der Waals surface area contributed by atoms with Crippen molar-refractivity contribution in [3.8, 4) is 5.75 Å². The van der Waals surface area contributed by atoms with Crippen molar-refractivity contribution in [3.05, 3.63) is 43.6 Å². The second-order valence-corrected chi connectivity index (χ2v) is 3.44. The van der Waals surface area contributed by atoms with Crippen LogP contribution in [0.1, 0.15) is 0 Å². The lowest BCUT2D eigenvalue weighted by Gasteiger charge is -2.05. The van der Waals surface area contributed by atoms with Crippen LogP contribution in [0.4, 0.5) is 11.4 Å². The molecule has 0 amide bonds. The van der Waals surface area contributed by atoms with Gasteiger partial charge in [0.15, 0.2) is 0 Å². The van der Waals surface area contributed by atoms with E-state index in [1.807, 2.05) is 0 Å². The quantitative estimate of drug-likeness (QED) is 0.339. The van der Waals surface area contributed by atoms with Crippen LogP contribution in [0.5, 0.6) is 5.75 Å². The largest absolute Gasteiger partial charge is 0.569 e. The number of rotatable bonds is 5. The Morgan fingerprint density at radius 1 is 1.16 bits per heavy atom. The number of hydrazine groups is 1. The van der Waals surface area contributed by atoms with E-state index in [1.165, 1.54) is 14.1 Å². The number of nitrogens with zero attached hydrogens (tertiary/aromatic N) is 5. The molecule has 0 bridgehead atoms. The normalized spacial score (nSPS) is 10.9. The zero-order valence-corrected chi connectivity index (χ0v) is 9.92. The van der Waals surface area contributed by atoms with Crippen LogP contribution in [0.3, 0.4) is 0 Å². The van der Waals surface area contributed by atoms with E-state index in [0.717, 1.165) is 23.2 Å². The van der Waals surface area contributed by atoms with Gasteiger partial charge in [-0.3, -0.25) is 25.1 Å². The Bertz CT molecular complexity index is 542. The van der Waals surface area contributed by atoms with Crippen LogP contribution in [0.15, 0.2) is 23.5 Å². The SMILES string of the molecule is CN(C)/[N+]([O-])=N\Oc1ccc([N+](=O)[O-])cc1[N+](=O)[O-]. The Labute approximate surface area is 106 Å². The zero-order valence-electron chi connectivity index (χ0n) is 9.92. The first-order chi connectivity index (χ1) is 8.82. The van der Waals surface area contributed by atoms with Gasteiger partial charge in [0.05, 0.1) is 35.0 Å². The lowest BCUT2D eigenvalue weighted by atomic mass is 10.2. The number of non-ortho nitro benzene ring substituents is 1. The van der Waals surface area contributed by atoms with E-state index < -0.39 is 21.2 Å². The van der Waals surface area contributed by atoms with Crippen LogP contribution in [0.2, 0.25) is 0 Å². The third-order valence-electron chi connectivity index (χ3n) is 1.90. The lowest BCUT2D eigenvalue weighted by Crippen LogP contribution is -2.21. The van der Waals surface area contributed by atoms with Crippen molar-refractivity contribution >= 4 is 11.4 Å². The second kappa shape index (κ2) is 5.57. The summed E-state index contributed by atoms with van der Waals surface area (Å²) >= 11 is 0. The molecule has 0 saturated carbocycles. The molecule has 0 aliphatic rings. The predicted molar refractivity (Wildman–Crippen MR) is 60.1 cm³/mol. The summed E-state index contributed by atoms with van der Waals surface area (Å²) in [6.45, 7) is 0. The molecule has 0 aliphatic heterocycles. The number of nitro groups is 2. The summed E-state index contributed by atoms with van der Waals surface area (Å²) in [5, 5.41) is 36.3. The smallest absolute Gasteiger partial charge is 0.321 e. The first-order valence-corrected chi connectivity index (χ1v) is 4.78. The van der Waals surface area contributed by atoms with Crippen molar-refractivity contribution in [1.82, 2.24) is 5.01 Å². The standard InChI is InChI=1S/C8H9N5O6/c1-10(2)13(18)9-19-8-4-3-6(11(14)15)5-7(8)12(16)17/h3-5H,1-2H3/b13-9+. The van der Waals surface area contributed by atoms with Gasteiger partial charge < -0.3 is 5.21 Å². The summed E-state index contributed by atoms with van der Waals surface area (Å²) in [7, 11) is 2.76. The minimum absolute atomic E-state index is 0.0468. The maximum absolute atomic E-state index is 11.0. The van der Waals surface area contributed by atoms with Gasteiger partial charge in [-0.1, -0.05) is 0 Å². The van der Waals surface area contributed by atoms with E-state index >= 15 is 0 Å². The molecular weight excluding hydrogens is 262 g/mol. The lowest BCUT2D eigenvalue weighted by molar-refractivity contribution is -0.695. The van der Waals surface area contributed by atoms with Gasteiger partial charge in [-0.05, 0) is 6.07 Å². The molecule has 11 nitrogen and oxygen atoms in total. The molecule has 0 aliphatic carbocycles. The molecule has 19 heavy (non-hydrogen) atoms. The minimum Gasteiger partial charge on any atom is -0.569 e. The molecule has 1 aromatic rings. The van der Waals surface area contributed by atoms with Crippen LogP contribution in [-0.2, 0) is 0 Å². The Morgan fingerprint density at radius 3 is 2.26 bits per heavy atom. The average molecular weight is 271 g/mol. The summed E-state index contributed by atoms with van der Waals surface area (Å²) in [4.78, 5) is 24.2. The highest BCUT2D eigenvalue weighted by Crippen LogP contribution is 2.31. The molecule has 0 N–H and O–H groups in total. The summed E-state index contributed by atoms with van der Waals surface area (Å²) in [6.07, 6.45) is 0. The maximum atomic E-state index is 11.0. The summed E-state index contributed by atoms with van der Waals surface area (Å²) in [6, 6.07) is 2.71. The fourth-order valence-corrected chi connectivity index (χ4v) is 0.991. The van der Waals surface area contributed by atoms with E-state index in [-0.39, 0.29) is 10.7 Å². The molecular formula is C8H9N5O6. The maximum Gasteiger partial charge on any atom is 0.321 e. The molecule has 11 heteroatoms. The third kappa shape index (κ3) is 3.49. The van der Waals surface area contributed by atoms with E-state index in [1.54, 1.807) is 0 Å². The van der Waals surface area contributed by atoms with Gasteiger partial charge in [0.25, 0.3) is 5.69 Å². The van der Waals surface area contributed by atoms with Crippen molar-refractivity contribution < 1.29 is 19.7 Å². The first kappa shape index (κ1) is 14.1. The Hall–Kier alpha value is -2.98. The molecule has 0 fully saturated rings. The summed E-state index contributed by atoms with van der Waals surface area (Å²) < 4.78 is 0. The van der Waals surface area contributed by atoms with Crippen molar-refractivity contribution in [2.75, 3.05) is 14.1 Å². The number of benzene rings is 1. The molecule has 0 spiro atoms. The highest BCUT2D eigenvalue weighted by atomic mass is 16.7. The number of hydrogen-bond donors (Lipinski definition) is 0. The predicted octanol–water partition coefficient (Wildman–Crippen LogP) is 1.24. The van der Waals surface area contributed by atoms with E-state index in [4.69, 9.17) is 0 Å². The monoisotopic (exact) mass is 271 g/mol. The molecule has 0 unspecified atom stereocenters. The van der Waals surface area contributed by atoms with Gasteiger partial charge in [-0.2, -0.15) is 5.01 Å². The Morgan fingerprint density at radius 2 is 1.79 bits per heavy atom. The molecule has 0 heterocycles. The fraction of sp³-hybridized carbons (Fsp3) is 0.250. The van der Waals surface area contributed by atoms with Crippen LogP contribution >= 0.6 is 0 Å². The van der Waals surface area contributed by atoms with E-state index in [2.05, 4.69) is 10.1 Å². The molecule has 1 aromatic carbocycles. The molecule has 1 rings (SSSR count). The summed E-state index contributed by atoms with van der Waals surface area (Å²) in [5.74, 6) is -0.377. The van der Waals surface area contributed by atoms with E-state index in [9.17, 15) is 25.4 Å². The topological polar surface area (TPSA) is 137 Å². The Balaban J connectivity index is 3.11. The fourth-order valence-electron chi connectivity index (χ4n) is 0.991. The van der Waals surface area contributed by atoms with Crippen LogP contribution in [0, 0.1) is 25.4 Å². The van der Waals surface area contributed by atoms with Gasteiger partial charge in [-0.15, -0.1) is 0 Å². The van der Waals surface area contributed by atoms with Crippen LogP contribution in [0.25, 0.3) is 0 Å². The number of nitro benzene ring substituents is 2. The van der Waals surface area contributed by atoms with Crippen LogP contribution in [-0.4, -0.2) is 33.9 Å². The van der Waals surface area contributed by atoms with Gasteiger partial charge in [0.2, 0.25) is 11.0 Å². The van der Waals surface area contributed by atoms with E-state index in [0.29, 0.717) is 0 Å². The average Bonchev–Trinajstić information content (AvgIpc) is 2.35. The van der Waals surface area contributed by atoms with Crippen molar-refractivity contribution in [2.24, 2.45) is 5.28 Å². The molecule has 102 valence electrons. The second-order valence-electron chi connectivity index (χ2n) is 3.44. The van der Waals surface area contributed by atoms with Gasteiger partial charge in [0.1, 0.15) is 0 Å². The van der Waals surface area contributed by atoms with Crippen molar-refractivity contribution in [3.63, 3.8) is 0 Å². The molecule has 0 aromatic heterocycles. The van der Waals surface area contributed by atoms with Gasteiger partial charge in [-0.25, -0.2) is 0 Å².